The summed E-state index contributed by atoms with van der Waals surface area (Å²) in [5.74, 6) is -0.395. The molecule has 1 aromatic heterocycles. The maximum absolute atomic E-state index is 11.8. The summed E-state index contributed by atoms with van der Waals surface area (Å²) in [6.45, 7) is 0.170. The second-order valence-corrected chi connectivity index (χ2v) is 5.39. The first-order valence-electron chi connectivity index (χ1n) is 7.15. The predicted molar refractivity (Wildman–Crippen MR) is 92.0 cm³/mol. The molecule has 3 nitrogen and oxygen atoms in total. The van der Waals surface area contributed by atoms with Crippen molar-refractivity contribution >= 4 is 34.4 Å². The average Bonchev–Trinajstić information content (AvgIpc) is 2.59. The minimum absolute atomic E-state index is 0.170. The first-order valence-corrected chi connectivity index (χ1v) is 7.53. The van der Waals surface area contributed by atoms with E-state index in [1.807, 2.05) is 42.5 Å². The zero-order valence-electron chi connectivity index (χ0n) is 12.3. The molecule has 0 aliphatic heterocycles. The summed E-state index contributed by atoms with van der Waals surface area (Å²) < 4.78 is 5.19. The monoisotopic (exact) mass is 323 g/mol. The molecule has 0 atom stereocenters. The van der Waals surface area contributed by atoms with E-state index in [9.17, 15) is 4.79 Å². The predicted octanol–water partition coefficient (Wildman–Crippen LogP) is 4.64. The minimum atomic E-state index is -0.395. The fourth-order valence-corrected chi connectivity index (χ4v) is 2.36. The summed E-state index contributed by atoms with van der Waals surface area (Å²) in [6, 6.07) is 17.4. The number of nitrogens with zero attached hydrogens (tertiary/aromatic N) is 1. The molecule has 4 heteroatoms. The van der Waals surface area contributed by atoms with Crippen molar-refractivity contribution in [3.63, 3.8) is 0 Å². The normalized spacial score (nSPS) is 11.0. The third-order valence-electron chi connectivity index (χ3n) is 3.39. The van der Waals surface area contributed by atoms with Gasteiger partial charge in [-0.2, -0.15) is 0 Å². The van der Waals surface area contributed by atoms with Crippen LogP contribution in [-0.2, 0) is 16.1 Å². The molecule has 3 aromatic rings. The van der Waals surface area contributed by atoms with Crippen molar-refractivity contribution in [1.29, 1.82) is 0 Å². The number of carbonyl (C=O) groups is 1. The molecule has 0 fully saturated rings. The van der Waals surface area contributed by atoms with Crippen LogP contribution < -0.4 is 0 Å². The molecule has 3 rings (SSSR count). The van der Waals surface area contributed by atoms with Gasteiger partial charge in [-0.15, -0.1) is 0 Å². The SMILES string of the molecule is O=C(C=Cc1cccc2ccccc12)OCc1ccc(Cl)nc1. The highest BCUT2D eigenvalue weighted by Gasteiger charge is 2.01. The summed E-state index contributed by atoms with van der Waals surface area (Å²) in [5, 5.41) is 2.65. The van der Waals surface area contributed by atoms with Gasteiger partial charge in [0.1, 0.15) is 11.8 Å². The third-order valence-corrected chi connectivity index (χ3v) is 3.62. The van der Waals surface area contributed by atoms with Gasteiger partial charge >= 0.3 is 5.97 Å². The second-order valence-electron chi connectivity index (χ2n) is 5.00. The Balaban J connectivity index is 1.67. The fourth-order valence-electron chi connectivity index (χ4n) is 2.25. The van der Waals surface area contributed by atoms with Crippen LogP contribution in [0.5, 0.6) is 0 Å². The summed E-state index contributed by atoms with van der Waals surface area (Å²) in [6.07, 6.45) is 4.79. The van der Waals surface area contributed by atoms with E-state index in [4.69, 9.17) is 16.3 Å². The van der Waals surface area contributed by atoms with Crippen LogP contribution in [0.3, 0.4) is 0 Å². The summed E-state index contributed by atoms with van der Waals surface area (Å²) in [4.78, 5) is 15.8. The summed E-state index contributed by atoms with van der Waals surface area (Å²) in [5.41, 5.74) is 1.77. The van der Waals surface area contributed by atoms with Gasteiger partial charge in [0, 0.05) is 17.8 Å². The molecule has 0 amide bonds. The number of aromatic nitrogens is 1. The molecule has 2 aromatic carbocycles. The van der Waals surface area contributed by atoms with Crippen LogP contribution in [0.4, 0.5) is 0 Å². The molecule has 114 valence electrons. The molecule has 0 saturated heterocycles. The molecular formula is C19H14ClNO2. The van der Waals surface area contributed by atoms with Gasteiger partial charge in [0.25, 0.3) is 0 Å². The van der Waals surface area contributed by atoms with Gasteiger partial charge in [0.15, 0.2) is 0 Å². The van der Waals surface area contributed by atoms with E-state index in [0.717, 1.165) is 21.9 Å². The van der Waals surface area contributed by atoms with Crippen LogP contribution in [0.1, 0.15) is 11.1 Å². The molecule has 0 bridgehead atoms. The Morgan fingerprint density at radius 2 is 1.91 bits per heavy atom. The molecule has 0 unspecified atom stereocenters. The van der Waals surface area contributed by atoms with Crippen molar-refractivity contribution in [2.75, 3.05) is 0 Å². The lowest BCUT2D eigenvalue weighted by molar-refractivity contribution is -0.138. The molecule has 0 spiro atoms. The van der Waals surface area contributed by atoms with Crippen LogP contribution in [-0.4, -0.2) is 11.0 Å². The van der Waals surface area contributed by atoms with E-state index >= 15 is 0 Å². The van der Waals surface area contributed by atoms with Crippen LogP contribution in [0.25, 0.3) is 16.8 Å². The Labute approximate surface area is 139 Å². The quantitative estimate of drug-likeness (QED) is 0.399. The number of fused-ring (bicyclic) bond motifs is 1. The molecular weight excluding hydrogens is 310 g/mol. The van der Waals surface area contributed by atoms with Crippen LogP contribution in [0.2, 0.25) is 5.15 Å². The van der Waals surface area contributed by atoms with Crippen molar-refractivity contribution < 1.29 is 9.53 Å². The van der Waals surface area contributed by atoms with Crippen molar-refractivity contribution in [2.24, 2.45) is 0 Å². The molecule has 0 saturated carbocycles. The first-order chi connectivity index (χ1) is 11.2. The average molecular weight is 324 g/mol. The minimum Gasteiger partial charge on any atom is -0.458 e. The Bertz CT molecular complexity index is 851. The largest absolute Gasteiger partial charge is 0.458 e. The van der Waals surface area contributed by atoms with Gasteiger partial charge in [0.2, 0.25) is 0 Å². The number of esters is 1. The number of hydrogen-bond donors (Lipinski definition) is 0. The standard InChI is InChI=1S/C19H14ClNO2/c20-18-10-8-14(12-21-18)13-23-19(22)11-9-16-6-3-5-15-4-1-2-7-17(15)16/h1-12H,13H2. The van der Waals surface area contributed by atoms with E-state index in [2.05, 4.69) is 4.98 Å². The van der Waals surface area contributed by atoms with Crippen molar-refractivity contribution in [2.45, 2.75) is 6.61 Å². The topological polar surface area (TPSA) is 39.2 Å². The van der Waals surface area contributed by atoms with E-state index in [-0.39, 0.29) is 6.61 Å². The van der Waals surface area contributed by atoms with Gasteiger partial charge in [-0.1, -0.05) is 60.1 Å². The zero-order chi connectivity index (χ0) is 16.1. The lowest BCUT2D eigenvalue weighted by atomic mass is 10.0. The van der Waals surface area contributed by atoms with E-state index < -0.39 is 5.97 Å². The molecule has 0 aliphatic carbocycles. The first kappa shape index (κ1) is 15.3. The maximum Gasteiger partial charge on any atom is 0.331 e. The summed E-state index contributed by atoms with van der Waals surface area (Å²) >= 11 is 5.71. The molecule has 0 aliphatic rings. The lowest BCUT2D eigenvalue weighted by Crippen LogP contribution is -2.01. The number of carbonyl (C=O) groups excluding carboxylic acids is 1. The molecule has 23 heavy (non-hydrogen) atoms. The highest BCUT2D eigenvalue weighted by atomic mass is 35.5. The van der Waals surface area contributed by atoms with Crippen LogP contribution in [0, 0.1) is 0 Å². The summed E-state index contributed by atoms with van der Waals surface area (Å²) in [7, 11) is 0. The second kappa shape index (κ2) is 7.07. The van der Waals surface area contributed by atoms with Gasteiger partial charge in [0.05, 0.1) is 0 Å². The number of ether oxygens (including phenoxy) is 1. The highest BCUT2D eigenvalue weighted by molar-refractivity contribution is 6.29. The van der Waals surface area contributed by atoms with Gasteiger partial charge in [-0.25, -0.2) is 9.78 Å². The van der Waals surface area contributed by atoms with E-state index in [1.165, 1.54) is 6.08 Å². The number of benzene rings is 2. The van der Waals surface area contributed by atoms with Crippen molar-refractivity contribution in [3.05, 3.63) is 83.2 Å². The van der Waals surface area contributed by atoms with Crippen molar-refractivity contribution in [3.8, 4) is 0 Å². The Kier molecular flexibility index (Phi) is 4.69. The van der Waals surface area contributed by atoms with Crippen molar-refractivity contribution in [1.82, 2.24) is 4.98 Å². The third kappa shape index (κ3) is 3.96. The van der Waals surface area contributed by atoms with E-state index in [1.54, 1.807) is 24.4 Å². The van der Waals surface area contributed by atoms with Crippen LogP contribution in [0.15, 0.2) is 66.9 Å². The molecule has 0 radical (unpaired) electrons. The van der Waals surface area contributed by atoms with E-state index in [0.29, 0.717) is 5.15 Å². The van der Waals surface area contributed by atoms with Gasteiger partial charge < -0.3 is 4.74 Å². The highest BCUT2D eigenvalue weighted by Crippen LogP contribution is 2.19. The maximum atomic E-state index is 11.8. The number of pyridine rings is 1. The lowest BCUT2D eigenvalue weighted by Gasteiger charge is -2.03. The Morgan fingerprint density at radius 1 is 1.09 bits per heavy atom. The fraction of sp³-hybridized carbons (Fsp3) is 0.0526. The smallest absolute Gasteiger partial charge is 0.331 e. The number of halogens is 1. The molecule has 1 heterocycles. The van der Waals surface area contributed by atoms with Crippen LogP contribution >= 0.6 is 11.6 Å². The Morgan fingerprint density at radius 3 is 2.74 bits per heavy atom. The molecule has 0 N–H and O–H groups in total. The number of rotatable bonds is 4. The van der Waals surface area contributed by atoms with Gasteiger partial charge in [-0.3, -0.25) is 0 Å². The zero-order valence-corrected chi connectivity index (χ0v) is 13.0. The Hall–Kier alpha value is -2.65. The van der Waals surface area contributed by atoms with Gasteiger partial charge in [-0.05, 0) is 28.5 Å². The number of hydrogen-bond acceptors (Lipinski definition) is 3.